The molecule has 2 aromatic rings. The third-order valence-corrected chi connectivity index (χ3v) is 5.04. The predicted octanol–water partition coefficient (Wildman–Crippen LogP) is 5.99. The first-order chi connectivity index (χ1) is 11.1. The van der Waals surface area contributed by atoms with Gasteiger partial charge < -0.3 is 4.90 Å². The summed E-state index contributed by atoms with van der Waals surface area (Å²) in [6, 6.07) is 12.7. The number of rotatable bonds is 4. The van der Waals surface area contributed by atoms with E-state index in [1.54, 1.807) is 11.8 Å². The number of carbonyl (C=O) groups is 1. The van der Waals surface area contributed by atoms with Crippen LogP contribution in [0.25, 0.3) is 10.8 Å². The summed E-state index contributed by atoms with van der Waals surface area (Å²) in [4.78, 5) is 16.5. The summed E-state index contributed by atoms with van der Waals surface area (Å²) in [6.07, 6.45) is 0. The largest absolute Gasteiger partial charge is 0.334 e. The van der Waals surface area contributed by atoms with E-state index in [1.165, 1.54) is 0 Å². The SMILES string of the molecule is CC(C)N(C(=O)c1c(SC(C)(C)C)ccc2ccccc12)C(C)C. The summed E-state index contributed by atoms with van der Waals surface area (Å²) in [5.74, 6) is 0.128. The highest BCUT2D eigenvalue weighted by molar-refractivity contribution is 8.00. The zero-order valence-electron chi connectivity index (χ0n) is 15.9. The summed E-state index contributed by atoms with van der Waals surface area (Å²) < 4.78 is 0.0536. The Labute approximate surface area is 150 Å². The fraction of sp³-hybridized carbons (Fsp3) is 0.476. The molecule has 0 saturated carbocycles. The van der Waals surface area contributed by atoms with E-state index in [0.717, 1.165) is 21.2 Å². The van der Waals surface area contributed by atoms with Gasteiger partial charge in [-0.05, 0) is 44.5 Å². The normalized spacial score (nSPS) is 12.2. The van der Waals surface area contributed by atoms with E-state index in [-0.39, 0.29) is 22.7 Å². The first-order valence-corrected chi connectivity index (χ1v) is 9.47. The maximum absolute atomic E-state index is 13.5. The van der Waals surface area contributed by atoms with Crippen LogP contribution in [0, 0.1) is 0 Å². The third-order valence-electron chi connectivity index (χ3n) is 3.87. The molecule has 0 heterocycles. The Morgan fingerprint density at radius 3 is 2.08 bits per heavy atom. The summed E-state index contributed by atoms with van der Waals surface area (Å²) in [5, 5.41) is 2.16. The second kappa shape index (κ2) is 7.18. The van der Waals surface area contributed by atoms with Crippen LogP contribution in [0.4, 0.5) is 0 Å². The second-order valence-electron chi connectivity index (χ2n) is 7.77. The van der Waals surface area contributed by atoms with Crippen molar-refractivity contribution in [3.8, 4) is 0 Å². The Morgan fingerprint density at radius 2 is 1.54 bits per heavy atom. The van der Waals surface area contributed by atoms with Crippen LogP contribution < -0.4 is 0 Å². The lowest BCUT2D eigenvalue weighted by molar-refractivity contribution is 0.0642. The lowest BCUT2D eigenvalue weighted by Crippen LogP contribution is -2.42. The van der Waals surface area contributed by atoms with E-state index in [4.69, 9.17) is 0 Å². The maximum Gasteiger partial charge on any atom is 0.256 e. The van der Waals surface area contributed by atoms with Gasteiger partial charge in [-0.25, -0.2) is 0 Å². The summed E-state index contributed by atoms with van der Waals surface area (Å²) in [5.41, 5.74) is 0.843. The first-order valence-electron chi connectivity index (χ1n) is 8.65. The fourth-order valence-electron chi connectivity index (χ4n) is 3.08. The zero-order chi connectivity index (χ0) is 18.1. The second-order valence-corrected chi connectivity index (χ2v) is 9.64. The predicted molar refractivity (Wildman–Crippen MR) is 106 cm³/mol. The molecule has 0 saturated heterocycles. The molecule has 0 radical (unpaired) electrons. The van der Waals surface area contributed by atoms with Gasteiger partial charge in [0.2, 0.25) is 0 Å². The van der Waals surface area contributed by atoms with Crippen LogP contribution in [0.5, 0.6) is 0 Å². The van der Waals surface area contributed by atoms with Crippen molar-refractivity contribution in [3.05, 3.63) is 42.0 Å². The molecule has 0 spiro atoms. The van der Waals surface area contributed by atoms with E-state index < -0.39 is 0 Å². The van der Waals surface area contributed by atoms with Gasteiger partial charge in [-0.2, -0.15) is 0 Å². The number of carbonyl (C=O) groups excluding carboxylic acids is 1. The Morgan fingerprint density at radius 1 is 0.958 bits per heavy atom. The van der Waals surface area contributed by atoms with Crippen LogP contribution >= 0.6 is 11.8 Å². The van der Waals surface area contributed by atoms with E-state index >= 15 is 0 Å². The molecular formula is C21H29NOS. The number of hydrogen-bond acceptors (Lipinski definition) is 2. The van der Waals surface area contributed by atoms with E-state index in [2.05, 4.69) is 72.7 Å². The van der Waals surface area contributed by atoms with Crippen LogP contribution in [0.15, 0.2) is 41.3 Å². The molecule has 0 aliphatic carbocycles. The Balaban J connectivity index is 2.68. The molecule has 2 rings (SSSR count). The lowest BCUT2D eigenvalue weighted by atomic mass is 10.0. The quantitative estimate of drug-likeness (QED) is 0.636. The summed E-state index contributed by atoms with van der Waals surface area (Å²) in [7, 11) is 0. The summed E-state index contributed by atoms with van der Waals surface area (Å²) >= 11 is 1.76. The minimum Gasteiger partial charge on any atom is -0.334 e. The monoisotopic (exact) mass is 343 g/mol. The highest BCUT2D eigenvalue weighted by Crippen LogP contribution is 2.38. The van der Waals surface area contributed by atoms with E-state index in [0.29, 0.717) is 0 Å². The smallest absolute Gasteiger partial charge is 0.256 e. The number of benzene rings is 2. The van der Waals surface area contributed by atoms with Gasteiger partial charge in [0.25, 0.3) is 5.91 Å². The molecular weight excluding hydrogens is 314 g/mol. The molecule has 0 aliphatic rings. The Bertz CT molecular complexity index is 720. The van der Waals surface area contributed by atoms with Gasteiger partial charge in [-0.15, -0.1) is 11.8 Å². The van der Waals surface area contributed by atoms with Crippen molar-refractivity contribution < 1.29 is 4.79 Å². The molecule has 3 heteroatoms. The van der Waals surface area contributed by atoms with E-state index in [9.17, 15) is 4.79 Å². The van der Waals surface area contributed by atoms with Crippen molar-refractivity contribution in [2.45, 2.75) is 70.2 Å². The molecule has 0 unspecified atom stereocenters. The average Bonchev–Trinajstić information content (AvgIpc) is 2.44. The van der Waals surface area contributed by atoms with Crippen molar-refractivity contribution >= 4 is 28.4 Å². The molecule has 0 atom stereocenters. The van der Waals surface area contributed by atoms with Gasteiger partial charge in [-0.3, -0.25) is 4.79 Å². The van der Waals surface area contributed by atoms with Crippen molar-refractivity contribution in [1.29, 1.82) is 0 Å². The number of fused-ring (bicyclic) bond motifs is 1. The topological polar surface area (TPSA) is 20.3 Å². The third kappa shape index (κ3) is 4.13. The molecule has 2 nitrogen and oxygen atoms in total. The van der Waals surface area contributed by atoms with Crippen LogP contribution in [-0.4, -0.2) is 27.6 Å². The molecule has 24 heavy (non-hydrogen) atoms. The van der Waals surface area contributed by atoms with Crippen molar-refractivity contribution in [2.75, 3.05) is 0 Å². The molecule has 130 valence electrons. The minimum absolute atomic E-state index is 0.0536. The number of nitrogens with zero attached hydrogens (tertiary/aromatic N) is 1. The molecule has 0 N–H and O–H groups in total. The fourth-order valence-corrected chi connectivity index (χ4v) is 4.18. The number of amides is 1. The van der Waals surface area contributed by atoms with Gasteiger partial charge in [0.1, 0.15) is 0 Å². The van der Waals surface area contributed by atoms with Crippen molar-refractivity contribution in [3.63, 3.8) is 0 Å². The number of thioether (sulfide) groups is 1. The Hall–Kier alpha value is -1.48. The van der Waals surface area contributed by atoms with Gasteiger partial charge in [-0.1, -0.05) is 51.1 Å². The van der Waals surface area contributed by atoms with Crippen LogP contribution in [-0.2, 0) is 0 Å². The van der Waals surface area contributed by atoms with Crippen LogP contribution in [0.2, 0.25) is 0 Å². The van der Waals surface area contributed by atoms with Gasteiger partial charge in [0.15, 0.2) is 0 Å². The zero-order valence-corrected chi connectivity index (χ0v) is 16.7. The molecule has 0 aliphatic heterocycles. The average molecular weight is 344 g/mol. The standard InChI is InChI=1S/C21H29NOS/c1-14(2)22(15(3)4)20(23)19-17-11-9-8-10-16(17)12-13-18(19)24-21(5,6)7/h8-15H,1-7H3. The molecule has 0 fully saturated rings. The molecule has 2 aromatic carbocycles. The molecule has 0 bridgehead atoms. The highest BCUT2D eigenvalue weighted by atomic mass is 32.2. The van der Waals surface area contributed by atoms with Crippen molar-refractivity contribution in [2.24, 2.45) is 0 Å². The van der Waals surface area contributed by atoms with Gasteiger partial charge >= 0.3 is 0 Å². The van der Waals surface area contributed by atoms with Gasteiger partial charge in [0.05, 0.1) is 5.56 Å². The Kier molecular flexibility index (Phi) is 5.64. The number of hydrogen-bond donors (Lipinski definition) is 0. The molecule has 1 amide bonds. The maximum atomic E-state index is 13.5. The first kappa shape index (κ1) is 18.9. The van der Waals surface area contributed by atoms with Crippen LogP contribution in [0.1, 0.15) is 58.8 Å². The van der Waals surface area contributed by atoms with Crippen molar-refractivity contribution in [1.82, 2.24) is 4.90 Å². The highest BCUT2D eigenvalue weighted by Gasteiger charge is 2.27. The van der Waals surface area contributed by atoms with E-state index in [1.807, 2.05) is 17.0 Å². The van der Waals surface area contributed by atoms with Gasteiger partial charge in [0, 0.05) is 21.7 Å². The lowest BCUT2D eigenvalue weighted by Gasteiger charge is -2.32. The van der Waals surface area contributed by atoms with Crippen LogP contribution in [0.3, 0.4) is 0 Å². The minimum atomic E-state index is 0.0536. The molecule has 0 aromatic heterocycles. The summed E-state index contributed by atoms with van der Waals surface area (Å²) in [6.45, 7) is 14.9.